The van der Waals surface area contributed by atoms with E-state index < -0.39 is 18.0 Å². The molecular formula is C18H17F3N4O4. The van der Waals surface area contributed by atoms with Gasteiger partial charge in [0.15, 0.2) is 12.0 Å². The molecule has 154 valence electrons. The van der Waals surface area contributed by atoms with Crippen molar-refractivity contribution >= 4 is 5.91 Å². The molecule has 0 bridgehead atoms. The lowest BCUT2D eigenvalue weighted by Gasteiger charge is -2.15. The predicted molar refractivity (Wildman–Crippen MR) is 92.5 cm³/mol. The van der Waals surface area contributed by atoms with Crippen LogP contribution in [0.4, 0.5) is 13.2 Å². The second-order valence-corrected chi connectivity index (χ2v) is 6.37. The normalized spacial score (nSPS) is 19.1. The molecule has 1 fully saturated rings. The van der Waals surface area contributed by atoms with Gasteiger partial charge < -0.3 is 24.1 Å². The fourth-order valence-electron chi connectivity index (χ4n) is 3.10. The largest absolute Gasteiger partial charge is 0.573 e. The Morgan fingerprint density at radius 2 is 2.28 bits per heavy atom. The summed E-state index contributed by atoms with van der Waals surface area (Å²) in [5, 5.41) is 11.9. The average molecular weight is 410 g/mol. The summed E-state index contributed by atoms with van der Waals surface area (Å²) in [6, 6.07) is 4.73. The van der Waals surface area contributed by atoms with Gasteiger partial charge in [0.1, 0.15) is 5.75 Å². The first kappa shape index (κ1) is 20.5. The van der Waals surface area contributed by atoms with Crippen molar-refractivity contribution < 1.29 is 31.9 Å². The van der Waals surface area contributed by atoms with Gasteiger partial charge in [-0.25, -0.2) is 4.98 Å². The molecule has 3 rings (SSSR count). The van der Waals surface area contributed by atoms with Gasteiger partial charge >= 0.3 is 12.3 Å². The third-order valence-electron chi connectivity index (χ3n) is 4.29. The highest BCUT2D eigenvalue weighted by Gasteiger charge is 2.33. The zero-order chi connectivity index (χ0) is 21.0. The van der Waals surface area contributed by atoms with Crippen molar-refractivity contribution in [2.75, 3.05) is 20.3 Å². The molecule has 1 aliphatic rings. The minimum atomic E-state index is -4.82. The number of rotatable bonds is 6. The molecule has 2 aromatic rings. The minimum Gasteiger partial charge on any atom is -0.432 e. The molecule has 1 amide bonds. The van der Waals surface area contributed by atoms with E-state index in [9.17, 15) is 18.0 Å². The van der Waals surface area contributed by atoms with Crippen LogP contribution in [0.5, 0.6) is 5.75 Å². The molecule has 0 aliphatic carbocycles. The molecule has 0 saturated carbocycles. The maximum Gasteiger partial charge on any atom is 0.573 e. The fourth-order valence-corrected chi connectivity index (χ4v) is 3.10. The number of alkyl halides is 3. The first-order chi connectivity index (χ1) is 13.8. The van der Waals surface area contributed by atoms with Gasteiger partial charge in [-0.05, 0) is 18.6 Å². The highest BCUT2D eigenvalue weighted by Crippen LogP contribution is 2.28. The summed E-state index contributed by atoms with van der Waals surface area (Å²) in [4.78, 5) is 17.8. The Kier molecular flexibility index (Phi) is 5.93. The van der Waals surface area contributed by atoms with Crippen LogP contribution in [0.25, 0.3) is 11.3 Å². The molecule has 0 unspecified atom stereocenters. The first-order valence-electron chi connectivity index (χ1n) is 8.57. The molecule has 1 aromatic carbocycles. The van der Waals surface area contributed by atoms with Gasteiger partial charge in [0.2, 0.25) is 0 Å². The Morgan fingerprint density at radius 1 is 1.48 bits per heavy atom. The zero-order valence-corrected chi connectivity index (χ0v) is 15.3. The molecule has 1 aromatic heterocycles. The van der Waals surface area contributed by atoms with Crippen LogP contribution in [0, 0.1) is 11.5 Å². The number of amides is 1. The molecule has 0 radical (unpaired) electrons. The Labute approximate surface area is 163 Å². The third-order valence-corrected chi connectivity index (χ3v) is 4.29. The third kappa shape index (κ3) is 5.17. The quantitative estimate of drug-likeness (QED) is 0.731. The van der Waals surface area contributed by atoms with Crippen molar-refractivity contribution in [1.29, 1.82) is 5.26 Å². The van der Waals surface area contributed by atoms with Gasteiger partial charge in [-0.3, -0.25) is 4.79 Å². The van der Waals surface area contributed by atoms with Gasteiger partial charge in [-0.2, -0.15) is 5.26 Å². The number of nitriles is 1. The van der Waals surface area contributed by atoms with Gasteiger partial charge in [-0.15, -0.1) is 13.2 Å². The number of ether oxygens (including phenoxy) is 2. The van der Waals surface area contributed by atoms with E-state index in [1.807, 2.05) is 0 Å². The second-order valence-electron chi connectivity index (χ2n) is 6.37. The minimum absolute atomic E-state index is 0.116. The Balaban J connectivity index is 1.67. The number of carbonyl (C=O) groups excluding carboxylic acids is 1. The number of carbonyl (C=O) groups is 1. The number of halogens is 3. The molecule has 29 heavy (non-hydrogen) atoms. The summed E-state index contributed by atoms with van der Waals surface area (Å²) in [6.07, 6.45) is -0.988. The van der Waals surface area contributed by atoms with E-state index in [1.54, 1.807) is 0 Å². The number of methoxy groups -OCH3 is 1. The maximum atomic E-state index is 12.4. The number of hydrogen-bond donors (Lipinski definition) is 1. The molecule has 1 saturated heterocycles. The molecule has 1 aliphatic heterocycles. The van der Waals surface area contributed by atoms with Gasteiger partial charge in [0, 0.05) is 25.3 Å². The number of oxazole rings is 1. The van der Waals surface area contributed by atoms with Crippen molar-refractivity contribution in [3.63, 3.8) is 0 Å². The lowest BCUT2D eigenvalue weighted by Crippen LogP contribution is -2.36. The Bertz CT molecular complexity index is 909. The monoisotopic (exact) mass is 410 g/mol. The zero-order valence-electron chi connectivity index (χ0n) is 15.3. The van der Waals surface area contributed by atoms with Crippen LogP contribution in [0.2, 0.25) is 0 Å². The molecule has 2 heterocycles. The summed E-state index contributed by atoms with van der Waals surface area (Å²) in [5.41, 5.74) is 0.273. The topological polar surface area (TPSA) is 101 Å². The number of nitrogens with one attached hydrogen (secondary N) is 1. The Morgan fingerprint density at radius 3 is 2.97 bits per heavy atom. The van der Waals surface area contributed by atoms with Crippen LogP contribution in [-0.2, 0) is 4.74 Å². The predicted octanol–water partition coefficient (Wildman–Crippen LogP) is 2.54. The van der Waals surface area contributed by atoms with E-state index in [0.717, 1.165) is 12.1 Å². The summed E-state index contributed by atoms with van der Waals surface area (Å²) in [6.45, 7) is 0.695. The van der Waals surface area contributed by atoms with Crippen LogP contribution in [0.1, 0.15) is 17.1 Å². The van der Waals surface area contributed by atoms with E-state index in [-0.39, 0.29) is 29.3 Å². The Hall–Kier alpha value is -3.26. The van der Waals surface area contributed by atoms with Crippen molar-refractivity contribution in [3.05, 3.63) is 36.4 Å². The first-order valence-corrected chi connectivity index (χ1v) is 8.57. The summed E-state index contributed by atoms with van der Waals surface area (Å²) in [5.74, 6) is -1.12. The van der Waals surface area contributed by atoms with Crippen molar-refractivity contribution in [2.24, 2.45) is 0 Å². The summed E-state index contributed by atoms with van der Waals surface area (Å²) in [7, 11) is 1.53. The molecule has 8 nitrogen and oxygen atoms in total. The van der Waals surface area contributed by atoms with Crippen molar-refractivity contribution in [1.82, 2.24) is 15.2 Å². The van der Waals surface area contributed by atoms with Crippen molar-refractivity contribution in [2.45, 2.75) is 24.9 Å². The van der Waals surface area contributed by atoms with Crippen LogP contribution < -0.4 is 10.1 Å². The van der Waals surface area contributed by atoms with Crippen LogP contribution in [0.15, 0.2) is 34.9 Å². The van der Waals surface area contributed by atoms with Crippen LogP contribution >= 0.6 is 0 Å². The highest BCUT2D eigenvalue weighted by atomic mass is 19.4. The van der Waals surface area contributed by atoms with Gasteiger partial charge in [-0.1, -0.05) is 12.1 Å². The lowest BCUT2D eigenvalue weighted by atomic mass is 10.2. The lowest BCUT2D eigenvalue weighted by molar-refractivity contribution is -0.274. The van der Waals surface area contributed by atoms with E-state index in [4.69, 9.17) is 14.4 Å². The molecule has 1 N–H and O–H groups in total. The van der Waals surface area contributed by atoms with Gasteiger partial charge in [0.05, 0.1) is 18.8 Å². The number of hydrogen-bond acceptors (Lipinski definition) is 7. The number of nitrogens with zero attached hydrogens (tertiary/aromatic N) is 3. The van der Waals surface area contributed by atoms with Crippen LogP contribution in [0.3, 0.4) is 0 Å². The smallest absolute Gasteiger partial charge is 0.432 e. The standard InChI is InChI=1S/C18H17F3N4O4/c1-27-9-13-6-12(8-25(13)10-22)24-16(26)17-23-7-15(28-17)11-3-2-4-14(5-11)29-18(19,20)21/h2-5,7,12-13H,6,8-9H2,1H3,(H,24,26)/t12-,13-/m1/s1. The molecule has 0 spiro atoms. The fraction of sp³-hybridized carbons (Fsp3) is 0.389. The molecule has 11 heteroatoms. The van der Waals surface area contributed by atoms with E-state index >= 15 is 0 Å². The average Bonchev–Trinajstić information content (AvgIpc) is 3.28. The number of likely N-dealkylation sites (tertiary alicyclic amines) is 1. The summed E-state index contributed by atoms with van der Waals surface area (Å²) >= 11 is 0. The van der Waals surface area contributed by atoms with E-state index in [0.29, 0.717) is 19.6 Å². The summed E-state index contributed by atoms with van der Waals surface area (Å²) < 4.78 is 51.4. The van der Waals surface area contributed by atoms with Crippen molar-refractivity contribution in [3.8, 4) is 23.3 Å². The molecular weight excluding hydrogens is 393 g/mol. The van der Waals surface area contributed by atoms with Crippen LogP contribution in [-0.4, -0.2) is 54.5 Å². The molecule has 2 atom stereocenters. The number of aromatic nitrogens is 1. The van der Waals surface area contributed by atoms with E-state index in [2.05, 4.69) is 21.2 Å². The number of benzene rings is 1. The highest BCUT2D eigenvalue weighted by molar-refractivity contribution is 5.90. The van der Waals surface area contributed by atoms with Gasteiger partial charge in [0.25, 0.3) is 5.89 Å². The SMILES string of the molecule is COC[C@H]1C[C@@H](NC(=O)c2ncc(-c3cccc(OC(F)(F)F)c3)o2)CN1C#N. The maximum absolute atomic E-state index is 12.4. The van der Waals surface area contributed by atoms with E-state index in [1.165, 1.54) is 30.3 Å². The second kappa shape index (κ2) is 8.40.